The van der Waals surface area contributed by atoms with Crippen LogP contribution in [0.2, 0.25) is 0 Å². The lowest BCUT2D eigenvalue weighted by Crippen LogP contribution is -2.61. The van der Waals surface area contributed by atoms with Crippen LogP contribution in [0.3, 0.4) is 0 Å². The quantitative estimate of drug-likeness (QED) is 0.280. The molecule has 0 aliphatic carbocycles. The maximum atomic E-state index is 13.5. The molecule has 40 heavy (non-hydrogen) atoms. The molecule has 4 atom stereocenters. The molecule has 10 nitrogen and oxygen atoms in total. The van der Waals surface area contributed by atoms with Crippen molar-refractivity contribution < 1.29 is 46.5 Å². The normalized spacial score (nSPS) is 20.8. The van der Waals surface area contributed by atoms with Gasteiger partial charge in [0.15, 0.2) is 15.9 Å². The first kappa shape index (κ1) is 28.7. The van der Waals surface area contributed by atoms with Gasteiger partial charge in [-0.15, -0.1) is 0 Å². The number of Topliss-reactive ketones (excluding diaryl/α,β-unsaturated/α-hetero) is 1. The van der Waals surface area contributed by atoms with E-state index in [1.165, 1.54) is 43.3 Å². The van der Waals surface area contributed by atoms with E-state index in [4.69, 9.17) is 18.9 Å². The molecule has 1 heterocycles. The van der Waals surface area contributed by atoms with Crippen molar-refractivity contribution in [3.63, 3.8) is 0 Å². The van der Waals surface area contributed by atoms with Gasteiger partial charge >= 0.3 is 17.9 Å². The molecule has 3 aromatic rings. The molecule has 0 unspecified atom stereocenters. The van der Waals surface area contributed by atoms with E-state index in [1.807, 2.05) is 0 Å². The Hall–Kier alpha value is -4.35. The van der Waals surface area contributed by atoms with Crippen LogP contribution in [0.15, 0.2) is 91.0 Å². The Labute approximate surface area is 230 Å². The van der Waals surface area contributed by atoms with Gasteiger partial charge in [-0.2, -0.15) is 0 Å². The lowest BCUT2D eigenvalue weighted by molar-refractivity contribution is -0.178. The Morgan fingerprint density at radius 2 is 1.18 bits per heavy atom. The number of carbonyl (C=O) groups is 4. The summed E-state index contributed by atoms with van der Waals surface area (Å²) in [5.41, 5.74) is -1.64. The topological polar surface area (TPSA) is 139 Å². The van der Waals surface area contributed by atoms with Crippen molar-refractivity contribution in [2.45, 2.75) is 30.7 Å². The van der Waals surface area contributed by atoms with Gasteiger partial charge in [0.25, 0.3) is 0 Å². The number of esters is 3. The van der Waals surface area contributed by atoms with E-state index in [2.05, 4.69) is 0 Å². The Kier molecular flexibility index (Phi) is 9.08. The van der Waals surface area contributed by atoms with Crippen LogP contribution in [0.1, 0.15) is 38.0 Å². The molecular formula is C29H26O10S. The zero-order valence-electron chi connectivity index (χ0n) is 21.4. The second-order valence-electron chi connectivity index (χ2n) is 8.75. The molecule has 0 amide bonds. The average molecular weight is 567 g/mol. The summed E-state index contributed by atoms with van der Waals surface area (Å²) in [6.45, 7) is 0.714. The molecule has 0 aromatic heterocycles. The molecule has 0 spiro atoms. The third kappa shape index (κ3) is 6.61. The molecule has 0 N–H and O–H groups in total. The van der Waals surface area contributed by atoms with Crippen LogP contribution in [0.4, 0.5) is 0 Å². The average Bonchev–Trinajstić information content (AvgIpc) is 2.99. The number of benzene rings is 3. The minimum absolute atomic E-state index is 0.0804. The van der Waals surface area contributed by atoms with Gasteiger partial charge in [0, 0.05) is 0 Å². The lowest BCUT2D eigenvalue weighted by atomic mass is 10.0. The first-order chi connectivity index (χ1) is 19.2. The number of ketones is 1. The summed E-state index contributed by atoms with van der Waals surface area (Å²) >= 11 is 0. The summed E-state index contributed by atoms with van der Waals surface area (Å²) in [6.07, 6.45) is -4.99. The zero-order valence-corrected chi connectivity index (χ0v) is 22.2. The predicted octanol–water partition coefficient (Wildman–Crippen LogP) is 3.02. The number of carbonyl (C=O) groups excluding carboxylic acids is 4. The first-order valence-corrected chi connectivity index (χ1v) is 14.1. The van der Waals surface area contributed by atoms with E-state index in [1.54, 1.807) is 54.6 Å². The molecule has 1 aliphatic rings. The molecule has 11 heteroatoms. The molecule has 0 saturated carbocycles. The van der Waals surface area contributed by atoms with Crippen molar-refractivity contribution in [3.8, 4) is 0 Å². The van der Waals surface area contributed by atoms with E-state index in [0.717, 1.165) is 0 Å². The molecular weight excluding hydrogens is 540 g/mol. The van der Waals surface area contributed by atoms with E-state index in [9.17, 15) is 27.6 Å². The van der Waals surface area contributed by atoms with E-state index >= 15 is 0 Å². The summed E-state index contributed by atoms with van der Waals surface area (Å²) in [4.78, 5) is 52.0. The highest BCUT2D eigenvalue weighted by Crippen LogP contribution is 2.28. The van der Waals surface area contributed by atoms with Gasteiger partial charge in [-0.1, -0.05) is 61.5 Å². The number of hydrogen-bond acceptors (Lipinski definition) is 10. The van der Waals surface area contributed by atoms with Crippen LogP contribution in [0.5, 0.6) is 0 Å². The first-order valence-electron chi connectivity index (χ1n) is 12.4. The second kappa shape index (κ2) is 12.7. The standard InChI is InChI=1S/C29H26O10S/c1-2-40(34,35)29-23(30)25(39-28(33)21-16-10-5-11-17-21)24(38-27(32)20-14-8-4-9-15-20)22(37-29)18-36-26(31)19-12-6-3-7-13-19/h3-17,22,24-25,29H,2,18H2,1H3/t22-,24-,25-,29+/m1/s1. The number of rotatable bonds is 9. The second-order valence-corrected chi connectivity index (χ2v) is 11.1. The van der Waals surface area contributed by atoms with Crippen molar-refractivity contribution >= 4 is 33.5 Å². The molecule has 208 valence electrons. The van der Waals surface area contributed by atoms with Gasteiger partial charge in [-0.25, -0.2) is 22.8 Å². The van der Waals surface area contributed by atoms with Crippen molar-refractivity contribution in [2.24, 2.45) is 0 Å². The van der Waals surface area contributed by atoms with Crippen molar-refractivity contribution in [1.29, 1.82) is 0 Å². The molecule has 4 rings (SSSR count). The van der Waals surface area contributed by atoms with E-state index in [-0.39, 0.29) is 16.7 Å². The molecule has 3 aromatic carbocycles. The monoisotopic (exact) mass is 566 g/mol. The van der Waals surface area contributed by atoms with Crippen LogP contribution >= 0.6 is 0 Å². The van der Waals surface area contributed by atoms with E-state index < -0.39 is 69.6 Å². The Balaban J connectivity index is 1.69. The smallest absolute Gasteiger partial charge is 0.338 e. The van der Waals surface area contributed by atoms with Crippen molar-refractivity contribution in [1.82, 2.24) is 0 Å². The predicted molar refractivity (Wildman–Crippen MR) is 141 cm³/mol. The fraction of sp³-hybridized carbons (Fsp3) is 0.241. The molecule has 1 saturated heterocycles. The highest BCUT2D eigenvalue weighted by molar-refractivity contribution is 7.92. The third-order valence-electron chi connectivity index (χ3n) is 6.09. The van der Waals surface area contributed by atoms with Crippen LogP contribution in [0.25, 0.3) is 0 Å². The van der Waals surface area contributed by atoms with Gasteiger partial charge < -0.3 is 18.9 Å². The van der Waals surface area contributed by atoms with Gasteiger partial charge in [0.05, 0.1) is 22.4 Å². The Morgan fingerprint density at radius 1 is 0.725 bits per heavy atom. The minimum Gasteiger partial charge on any atom is -0.459 e. The highest BCUT2D eigenvalue weighted by atomic mass is 32.2. The third-order valence-corrected chi connectivity index (χ3v) is 7.89. The number of hydrogen-bond donors (Lipinski definition) is 0. The van der Waals surface area contributed by atoms with Crippen LogP contribution in [0, 0.1) is 0 Å². The molecule has 1 aliphatic heterocycles. The molecule has 0 radical (unpaired) electrons. The molecule has 1 fully saturated rings. The summed E-state index contributed by atoms with van der Waals surface area (Å²) < 4.78 is 47.7. The van der Waals surface area contributed by atoms with E-state index in [0.29, 0.717) is 0 Å². The minimum atomic E-state index is -4.18. The van der Waals surface area contributed by atoms with Gasteiger partial charge in [0.2, 0.25) is 17.3 Å². The largest absolute Gasteiger partial charge is 0.459 e. The Bertz CT molecular complexity index is 1460. The maximum absolute atomic E-state index is 13.5. The molecule has 0 bridgehead atoms. The van der Waals surface area contributed by atoms with Gasteiger partial charge in [-0.05, 0) is 36.4 Å². The number of ether oxygens (including phenoxy) is 4. The van der Waals surface area contributed by atoms with Crippen molar-refractivity contribution in [2.75, 3.05) is 12.4 Å². The highest BCUT2D eigenvalue weighted by Gasteiger charge is 2.54. The zero-order chi connectivity index (χ0) is 28.7. The maximum Gasteiger partial charge on any atom is 0.338 e. The fourth-order valence-corrected chi connectivity index (χ4v) is 5.05. The van der Waals surface area contributed by atoms with Gasteiger partial charge in [0.1, 0.15) is 12.7 Å². The summed E-state index contributed by atoms with van der Waals surface area (Å²) in [6, 6.07) is 23.5. The fourth-order valence-electron chi connectivity index (χ4n) is 3.94. The van der Waals surface area contributed by atoms with Crippen LogP contribution in [-0.2, 0) is 33.6 Å². The van der Waals surface area contributed by atoms with Crippen molar-refractivity contribution in [3.05, 3.63) is 108 Å². The van der Waals surface area contributed by atoms with Crippen LogP contribution < -0.4 is 0 Å². The lowest BCUT2D eigenvalue weighted by Gasteiger charge is -2.38. The summed E-state index contributed by atoms with van der Waals surface area (Å²) in [5, 5.41) is 0. The Morgan fingerprint density at radius 3 is 1.65 bits per heavy atom. The summed E-state index contributed by atoms with van der Waals surface area (Å²) in [5.74, 6) is -4.19. The summed E-state index contributed by atoms with van der Waals surface area (Å²) in [7, 11) is -4.18. The number of sulfone groups is 1. The SMILES string of the molecule is CCS(=O)(=O)[C@@H]1O[C@H](COC(=O)c2ccccc2)[C@@H](OC(=O)c2ccccc2)[C@H](OC(=O)c2ccccc2)C1=O. The van der Waals surface area contributed by atoms with Gasteiger partial charge in [-0.3, -0.25) is 4.79 Å². The van der Waals surface area contributed by atoms with Crippen LogP contribution in [-0.4, -0.2) is 68.2 Å².